The van der Waals surface area contributed by atoms with E-state index in [0.29, 0.717) is 6.04 Å². The highest BCUT2D eigenvalue weighted by Gasteiger charge is 2.19. The van der Waals surface area contributed by atoms with Gasteiger partial charge < -0.3 is 10.2 Å². The molecule has 1 aliphatic heterocycles. The highest BCUT2D eigenvalue weighted by molar-refractivity contribution is 5.36. The van der Waals surface area contributed by atoms with Crippen molar-refractivity contribution in [1.29, 1.82) is 0 Å². The van der Waals surface area contributed by atoms with E-state index in [1.807, 2.05) is 12.4 Å². The third-order valence-electron chi connectivity index (χ3n) is 4.00. The molecule has 2 rings (SSSR count). The normalized spacial score (nSPS) is 16.9. The Morgan fingerprint density at radius 1 is 1.30 bits per heavy atom. The highest BCUT2D eigenvalue weighted by Crippen LogP contribution is 2.24. The monoisotopic (exact) mass is 276 g/mol. The summed E-state index contributed by atoms with van der Waals surface area (Å²) in [6.07, 6.45) is 9.04. The molecule has 20 heavy (non-hydrogen) atoms. The van der Waals surface area contributed by atoms with Crippen LogP contribution >= 0.6 is 0 Å². The molecular formula is C16H28N4. The zero-order valence-corrected chi connectivity index (χ0v) is 13.1. The fourth-order valence-electron chi connectivity index (χ4n) is 2.80. The Balaban J connectivity index is 1.91. The molecule has 2 heterocycles. The van der Waals surface area contributed by atoms with Crippen molar-refractivity contribution in [2.24, 2.45) is 5.92 Å². The lowest BCUT2D eigenvalue weighted by Crippen LogP contribution is -2.34. The Morgan fingerprint density at radius 2 is 2.05 bits per heavy atom. The summed E-state index contributed by atoms with van der Waals surface area (Å²) >= 11 is 0. The molecule has 0 unspecified atom stereocenters. The zero-order chi connectivity index (χ0) is 14.4. The summed E-state index contributed by atoms with van der Waals surface area (Å²) in [6, 6.07) is 0.477. The first-order valence-electron chi connectivity index (χ1n) is 7.98. The van der Waals surface area contributed by atoms with E-state index in [0.717, 1.165) is 37.1 Å². The summed E-state index contributed by atoms with van der Waals surface area (Å²) in [5.41, 5.74) is 1.03. The maximum absolute atomic E-state index is 4.74. The van der Waals surface area contributed by atoms with E-state index in [1.54, 1.807) is 0 Å². The Bertz CT molecular complexity index is 397. The lowest BCUT2D eigenvalue weighted by molar-refractivity contribution is 0.377. The molecule has 0 radical (unpaired) electrons. The molecule has 0 atom stereocenters. The van der Waals surface area contributed by atoms with Gasteiger partial charge in [-0.15, -0.1) is 0 Å². The molecule has 1 N–H and O–H groups in total. The van der Waals surface area contributed by atoms with Gasteiger partial charge >= 0.3 is 0 Å². The summed E-state index contributed by atoms with van der Waals surface area (Å²) in [5, 5.41) is 3.39. The molecule has 1 aromatic rings. The lowest BCUT2D eigenvalue weighted by atomic mass is 9.92. The van der Waals surface area contributed by atoms with Gasteiger partial charge in [0.1, 0.15) is 5.82 Å². The van der Waals surface area contributed by atoms with Crippen LogP contribution in [-0.4, -0.2) is 29.1 Å². The number of rotatable bonds is 6. The van der Waals surface area contributed by atoms with Gasteiger partial charge in [0, 0.05) is 31.9 Å². The number of nitrogens with one attached hydrogen (secondary N) is 1. The van der Waals surface area contributed by atoms with Crippen molar-refractivity contribution in [3.63, 3.8) is 0 Å². The summed E-state index contributed by atoms with van der Waals surface area (Å²) < 4.78 is 0. The molecule has 0 aromatic carbocycles. The Kier molecular flexibility index (Phi) is 5.77. The van der Waals surface area contributed by atoms with Gasteiger partial charge in [-0.2, -0.15) is 0 Å². The smallest absolute Gasteiger partial charge is 0.147 e. The van der Waals surface area contributed by atoms with Crippen LogP contribution in [0.25, 0.3) is 0 Å². The van der Waals surface area contributed by atoms with Gasteiger partial charge in [-0.3, -0.25) is 4.98 Å². The fraction of sp³-hybridized carbons (Fsp3) is 0.750. The highest BCUT2D eigenvalue weighted by atomic mass is 15.2. The Morgan fingerprint density at radius 3 is 2.70 bits per heavy atom. The van der Waals surface area contributed by atoms with E-state index in [1.165, 1.54) is 25.7 Å². The molecule has 0 amide bonds. The zero-order valence-electron chi connectivity index (χ0n) is 13.1. The van der Waals surface area contributed by atoms with Gasteiger partial charge in [0.2, 0.25) is 0 Å². The lowest BCUT2D eigenvalue weighted by Gasteiger charge is -2.32. The predicted octanol–water partition coefficient (Wildman–Crippen LogP) is 2.99. The van der Waals surface area contributed by atoms with Crippen LogP contribution in [0.2, 0.25) is 0 Å². The maximum atomic E-state index is 4.74. The summed E-state index contributed by atoms with van der Waals surface area (Å²) in [6.45, 7) is 9.63. The summed E-state index contributed by atoms with van der Waals surface area (Å²) in [5.74, 6) is 1.96. The van der Waals surface area contributed by atoms with Crippen molar-refractivity contribution in [1.82, 2.24) is 15.3 Å². The molecule has 4 nitrogen and oxygen atoms in total. The second-order valence-electron chi connectivity index (χ2n) is 6.12. The minimum absolute atomic E-state index is 0.477. The van der Waals surface area contributed by atoms with E-state index in [4.69, 9.17) is 4.98 Å². The molecule has 0 aliphatic carbocycles. The summed E-state index contributed by atoms with van der Waals surface area (Å²) in [7, 11) is 0. The third-order valence-corrected chi connectivity index (χ3v) is 4.00. The second-order valence-corrected chi connectivity index (χ2v) is 6.12. The van der Waals surface area contributed by atoms with Crippen molar-refractivity contribution < 1.29 is 0 Å². The molecule has 0 bridgehead atoms. The molecule has 1 saturated heterocycles. The topological polar surface area (TPSA) is 41.1 Å². The van der Waals surface area contributed by atoms with Gasteiger partial charge in [-0.25, -0.2) is 4.98 Å². The van der Waals surface area contributed by atoms with E-state index in [2.05, 4.69) is 36.0 Å². The molecule has 0 saturated carbocycles. The van der Waals surface area contributed by atoms with E-state index in [9.17, 15) is 0 Å². The van der Waals surface area contributed by atoms with Crippen molar-refractivity contribution in [3.05, 3.63) is 18.1 Å². The van der Waals surface area contributed by atoms with Gasteiger partial charge in [0.15, 0.2) is 0 Å². The fourth-order valence-corrected chi connectivity index (χ4v) is 2.80. The van der Waals surface area contributed by atoms with Crippen LogP contribution in [-0.2, 0) is 6.54 Å². The molecule has 112 valence electrons. The van der Waals surface area contributed by atoms with Crippen LogP contribution in [0.15, 0.2) is 12.4 Å². The predicted molar refractivity (Wildman–Crippen MR) is 83.9 cm³/mol. The molecule has 4 heteroatoms. The van der Waals surface area contributed by atoms with Gasteiger partial charge in [-0.05, 0) is 18.8 Å². The third kappa shape index (κ3) is 4.44. The van der Waals surface area contributed by atoms with Gasteiger partial charge in [0.05, 0.1) is 11.9 Å². The first kappa shape index (κ1) is 15.2. The van der Waals surface area contributed by atoms with Gasteiger partial charge in [-0.1, -0.05) is 33.6 Å². The second kappa shape index (κ2) is 7.58. The van der Waals surface area contributed by atoms with Crippen molar-refractivity contribution in [2.45, 2.75) is 59.0 Å². The first-order valence-corrected chi connectivity index (χ1v) is 7.98. The summed E-state index contributed by atoms with van der Waals surface area (Å²) in [4.78, 5) is 11.5. The molecule has 1 aromatic heterocycles. The largest absolute Gasteiger partial charge is 0.355 e. The molecule has 1 aliphatic rings. The Labute approximate surface area is 123 Å². The molecule has 1 fully saturated rings. The maximum Gasteiger partial charge on any atom is 0.147 e. The number of hydrogen-bond acceptors (Lipinski definition) is 4. The number of hydrogen-bond donors (Lipinski definition) is 1. The average molecular weight is 276 g/mol. The number of piperidine rings is 1. The quantitative estimate of drug-likeness (QED) is 0.867. The van der Waals surface area contributed by atoms with Crippen LogP contribution in [0.3, 0.4) is 0 Å². The first-order chi connectivity index (χ1) is 9.69. The SMILES string of the molecule is CCCC1CCN(c2cncc(CNC(C)C)n2)CC1. The average Bonchev–Trinajstić information content (AvgIpc) is 2.47. The molecular weight excluding hydrogens is 248 g/mol. The van der Waals surface area contributed by atoms with Crippen LogP contribution in [0, 0.1) is 5.92 Å². The minimum atomic E-state index is 0.477. The molecule has 0 spiro atoms. The van der Waals surface area contributed by atoms with Gasteiger partial charge in [0.25, 0.3) is 0 Å². The van der Waals surface area contributed by atoms with E-state index in [-0.39, 0.29) is 0 Å². The number of aromatic nitrogens is 2. The van der Waals surface area contributed by atoms with Crippen molar-refractivity contribution >= 4 is 5.82 Å². The van der Waals surface area contributed by atoms with Crippen LogP contribution < -0.4 is 10.2 Å². The standard InChI is InChI=1S/C16H28N4/c1-4-5-14-6-8-20(9-7-14)16-12-17-10-15(19-16)11-18-13(2)3/h10,12-14,18H,4-9,11H2,1-3H3. The van der Waals surface area contributed by atoms with Crippen LogP contribution in [0.5, 0.6) is 0 Å². The van der Waals surface area contributed by atoms with E-state index >= 15 is 0 Å². The van der Waals surface area contributed by atoms with Crippen molar-refractivity contribution in [2.75, 3.05) is 18.0 Å². The number of anilines is 1. The Hall–Kier alpha value is -1.16. The van der Waals surface area contributed by atoms with Crippen molar-refractivity contribution in [3.8, 4) is 0 Å². The minimum Gasteiger partial charge on any atom is -0.355 e. The van der Waals surface area contributed by atoms with Crippen LogP contribution in [0.1, 0.15) is 52.1 Å². The van der Waals surface area contributed by atoms with Crippen LogP contribution in [0.4, 0.5) is 5.82 Å². The number of nitrogens with zero attached hydrogens (tertiary/aromatic N) is 3. The van der Waals surface area contributed by atoms with E-state index < -0.39 is 0 Å².